The summed E-state index contributed by atoms with van der Waals surface area (Å²) < 4.78 is 0. The molecule has 2 aromatic rings. The summed E-state index contributed by atoms with van der Waals surface area (Å²) >= 11 is 0. The maximum absolute atomic E-state index is 11.9. The molecule has 4 heteroatoms. The lowest BCUT2D eigenvalue weighted by Crippen LogP contribution is -2.19. The lowest BCUT2D eigenvalue weighted by molar-refractivity contribution is 0.262. The van der Waals surface area contributed by atoms with Gasteiger partial charge in [0.1, 0.15) is 0 Å². The second kappa shape index (κ2) is 7.28. The van der Waals surface area contributed by atoms with Gasteiger partial charge in [0.2, 0.25) is 0 Å². The quantitative estimate of drug-likeness (QED) is 0.865. The number of carbonyl (C=O) groups excluding carboxylic acids is 1. The molecule has 2 N–H and O–H groups in total. The molecule has 1 atom stereocenters. The van der Waals surface area contributed by atoms with Crippen LogP contribution in [0.15, 0.2) is 54.6 Å². The van der Waals surface area contributed by atoms with E-state index in [2.05, 4.69) is 16.7 Å². The second-order valence-corrected chi connectivity index (χ2v) is 5.42. The van der Waals surface area contributed by atoms with Gasteiger partial charge in [-0.3, -0.25) is 0 Å². The number of rotatable bonds is 4. The molecule has 0 aromatic heterocycles. The van der Waals surface area contributed by atoms with Crippen molar-refractivity contribution in [3.63, 3.8) is 0 Å². The van der Waals surface area contributed by atoms with Crippen LogP contribution in [0.2, 0.25) is 0 Å². The Morgan fingerprint density at radius 3 is 2.00 bits per heavy atom. The van der Waals surface area contributed by atoms with Crippen LogP contribution in [-0.4, -0.2) is 6.03 Å². The number of benzene rings is 2. The second-order valence-electron chi connectivity index (χ2n) is 5.42. The highest BCUT2D eigenvalue weighted by Crippen LogP contribution is 2.24. The van der Waals surface area contributed by atoms with Crippen LogP contribution in [0.5, 0.6) is 0 Å². The van der Waals surface area contributed by atoms with Crippen molar-refractivity contribution >= 4 is 17.4 Å². The van der Waals surface area contributed by atoms with Crippen molar-refractivity contribution in [1.29, 1.82) is 5.26 Å². The minimum absolute atomic E-state index is 0.132. The van der Waals surface area contributed by atoms with E-state index in [-0.39, 0.29) is 17.9 Å². The molecule has 2 aromatic carbocycles. The average Bonchev–Trinajstić information content (AvgIpc) is 2.50. The Bertz CT molecular complexity index is 657. The van der Waals surface area contributed by atoms with Crippen LogP contribution in [0.4, 0.5) is 16.2 Å². The molecule has 0 radical (unpaired) electrons. The van der Waals surface area contributed by atoms with E-state index in [1.165, 1.54) is 0 Å². The summed E-state index contributed by atoms with van der Waals surface area (Å²) in [5, 5.41) is 14.7. The lowest BCUT2D eigenvalue weighted by Gasteiger charge is -2.14. The van der Waals surface area contributed by atoms with E-state index in [9.17, 15) is 10.1 Å². The number of nitrogens with one attached hydrogen (secondary N) is 2. The number of hydrogen-bond acceptors (Lipinski definition) is 2. The Kier molecular flexibility index (Phi) is 5.16. The molecule has 0 aliphatic carbocycles. The smallest absolute Gasteiger partial charge is 0.308 e. The summed E-state index contributed by atoms with van der Waals surface area (Å²) in [4.78, 5) is 11.9. The Balaban J connectivity index is 1.99. The fraction of sp³-hybridized carbons (Fsp3) is 0.222. The van der Waals surface area contributed by atoms with Gasteiger partial charge in [0.25, 0.3) is 0 Å². The molecule has 2 amide bonds. The summed E-state index contributed by atoms with van der Waals surface area (Å²) in [5.41, 5.74) is 2.39. The molecule has 0 spiro atoms. The highest BCUT2D eigenvalue weighted by molar-refractivity contribution is 5.99. The number of hydrogen-bond donors (Lipinski definition) is 2. The first-order chi connectivity index (χ1) is 10.6. The first-order valence-electron chi connectivity index (χ1n) is 7.23. The minimum atomic E-state index is -0.292. The van der Waals surface area contributed by atoms with Gasteiger partial charge in [0.15, 0.2) is 0 Å². The SMILES string of the molecule is CC(C)C(C#N)c1ccc(NC(=O)Nc2ccccc2)cc1. The first kappa shape index (κ1) is 15.6. The van der Waals surface area contributed by atoms with Gasteiger partial charge in [0, 0.05) is 11.4 Å². The van der Waals surface area contributed by atoms with Crippen LogP contribution in [0.1, 0.15) is 25.3 Å². The van der Waals surface area contributed by atoms with Gasteiger partial charge < -0.3 is 10.6 Å². The number of para-hydroxylation sites is 1. The normalized spacial score (nSPS) is 11.5. The predicted molar refractivity (Wildman–Crippen MR) is 88.7 cm³/mol. The Morgan fingerprint density at radius 2 is 1.50 bits per heavy atom. The zero-order chi connectivity index (χ0) is 15.9. The minimum Gasteiger partial charge on any atom is -0.308 e. The van der Waals surface area contributed by atoms with Crippen LogP contribution >= 0.6 is 0 Å². The van der Waals surface area contributed by atoms with Crippen molar-refractivity contribution in [2.45, 2.75) is 19.8 Å². The fourth-order valence-electron chi connectivity index (χ4n) is 2.20. The lowest BCUT2D eigenvalue weighted by atomic mass is 9.90. The van der Waals surface area contributed by atoms with Crippen molar-refractivity contribution in [2.24, 2.45) is 5.92 Å². The van der Waals surface area contributed by atoms with Gasteiger partial charge in [-0.25, -0.2) is 4.79 Å². The number of amides is 2. The van der Waals surface area contributed by atoms with E-state index >= 15 is 0 Å². The van der Waals surface area contributed by atoms with Gasteiger partial charge in [-0.2, -0.15) is 5.26 Å². The molecule has 0 bridgehead atoms. The zero-order valence-electron chi connectivity index (χ0n) is 12.7. The molecule has 0 saturated heterocycles. The number of carbonyl (C=O) groups is 1. The highest BCUT2D eigenvalue weighted by atomic mass is 16.2. The van der Waals surface area contributed by atoms with Gasteiger partial charge in [-0.1, -0.05) is 44.2 Å². The Morgan fingerprint density at radius 1 is 0.955 bits per heavy atom. The summed E-state index contributed by atoms with van der Waals surface area (Å²) in [6.07, 6.45) is 0. The van der Waals surface area contributed by atoms with Crippen LogP contribution in [0.25, 0.3) is 0 Å². The zero-order valence-corrected chi connectivity index (χ0v) is 12.7. The molecule has 22 heavy (non-hydrogen) atoms. The van der Waals surface area contributed by atoms with Crippen molar-refractivity contribution in [3.8, 4) is 6.07 Å². The number of nitriles is 1. The summed E-state index contributed by atoms with van der Waals surface area (Å²) in [5.74, 6) is 0.123. The molecule has 112 valence electrons. The van der Waals surface area contributed by atoms with Gasteiger partial charge in [-0.15, -0.1) is 0 Å². The third-order valence-electron chi connectivity index (χ3n) is 3.37. The monoisotopic (exact) mass is 293 g/mol. The maximum Gasteiger partial charge on any atom is 0.323 e. The van der Waals surface area contributed by atoms with Crippen LogP contribution in [0, 0.1) is 17.2 Å². The molecule has 0 heterocycles. The average molecular weight is 293 g/mol. The Hall–Kier alpha value is -2.80. The van der Waals surface area contributed by atoms with E-state index < -0.39 is 0 Å². The molecular formula is C18H19N3O. The summed E-state index contributed by atoms with van der Waals surface area (Å²) in [7, 11) is 0. The van der Waals surface area contributed by atoms with E-state index in [1.807, 2.05) is 68.4 Å². The highest BCUT2D eigenvalue weighted by Gasteiger charge is 2.14. The predicted octanol–water partition coefficient (Wildman–Crippen LogP) is 4.59. The van der Waals surface area contributed by atoms with E-state index in [0.717, 1.165) is 11.3 Å². The number of nitrogens with zero attached hydrogens (tertiary/aromatic N) is 1. The van der Waals surface area contributed by atoms with Gasteiger partial charge in [0.05, 0.1) is 12.0 Å². The van der Waals surface area contributed by atoms with E-state index in [0.29, 0.717) is 5.69 Å². The molecule has 0 aliphatic rings. The first-order valence-corrected chi connectivity index (χ1v) is 7.23. The molecule has 2 rings (SSSR count). The van der Waals surface area contributed by atoms with Crippen LogP contribution in [0.3, 0.4) is 0 Å². The van der Waals surface area contributed by atoms with Crippen molar-refractivity contribution in [3.05, 3.63) is 60.2 Å². The van der Waals surface area contributed by atoms with Crippen LogP contribution in [-0.2, 0) is 0 Å². The van der Waals surface area contributed by atoms with E-state index in [1.54, 1.807) is 0 Å². The van der Waals surface area contributed by atoms with Gasteiger partial charge >= 0.3 is 6.03 Å². The van der Waals surface area contributed by atoms with Crippen molar-refractivity contribution in [1.82, 2.24) is 0 Å². The molecule has 0 saturated carbocycles. The topological polar surface area (TPSA) is 64.9 Å². The largest absolute Gasteiger partial charge is 0.323 e. The molecule has 1 unspecified atom stereocenters. The third kappa shape index (κ3) is 4.10. The van der Waals surface area contributed by atoms with E-state index in [4.69, 9.17) is 0 Å². The molecular weight excluding hydrogens is 274 g/mol. The standard InChI is InChI=1S/C18H19N3O/c1-13(2)17(12-19)14-8-10-16(11-9-14)21-18(22)20-15-6-4-3-5-7-15/h3-11,13,17H,1-2H3,(H2,20,21,22). The summed E-state index contributed by atoms with van der Waals surface area (Å²) in [6.45, 7) is 4.04. The number of anilines is 2. The fourth-order valence-corrected chi connectivity index (χ4v) is 2.20. The third-order valence-corrected chi connectivity index (χ3v) is 3.37. The van der Waals surface area contributed by atoms with Crippen molar-refractivity contribution < 1.29 is 4.79 Å². The summed E-state index contributed by atoms with van der Waals surface area (Å²) in [6, 6.07) is 18.7. The number of urea groups is 1. The molecule has 0 aliphatic heterocycles. The van der Waals surface area contributed by atoms with Gasteiger partial charge in [-0.05, 0) is 35.7 Å². The maximum atomic E-state index is 11.9. The van der Waals surface area contributed by atoms with Crippen molar-refractivity contribution in [2.75, 3.05) is 10.6 Å². The van der Waals surface area contributed by atoms with Crippen LogP contribution < -0.4 is 10.6 Å². The molecule has 0 fully saturated rings. The molecule has 4 nitrogen and oxygen atoms in total. The Labute approximate surface area is 130 Å².